The van der Waals surface area contributed by atoms with Crippen molar-refractivity contribution in [2.45, 2.75) is 13.5 Å². The van der Waals surface area contributed by atoms with Gasteiger partial charge >= 0.3 is 0 Å². The Balaban J connectivity index is 1.99. The lowest BCUT2D eigenvalue weighted by Gasteiger charge is -2.09. The fourth-order valence-corrected chi connectivity index (χ4v) is 2.12. The van der Waals surface area contributed by atoms with Crippen LogP contribution in [0.15, 0.2) is 48.7 Å². The van der Waals surface area contributed by atoms with E-state index in [0.717, 1.165) is 27.9 Å². The van der Waals surface area contributed by atoms with Crippen molar-refractivity contribution < 1.29 is 4.74 Å². The predicted octanol–water partition coefficient (Wildman–Crippen LogP) is 3.19. The maximum Gasteiger partial charge on any atom is 0.219 e. The molecule has 0 aliphatic heterocycles. The van der Waals surface area contributed by atoms with Crippen molar-refractivity contribution in [2.75, 3.05) is 0 Å². The lowest BCUT2D eigenvalue weighted by molar-refractivity contribution is 0.466. The van der Waals surface area contributed by atoms with Gasteiger partial charge in [-0.05, 0) is 36.8 Å². The molecule has 0 fully saturated rings. The molecule has 0 saturated carbocycles. The summed E-state index contributed by atoms with van der Waals surface area (Å²) in [7, 11) is 0. The number of fused-ring (bicyclic) bond motifs is 1. The first kappa shape index (κ1) is 12.6. The van der Waals surface area contributed by atoms with Gasteiger partial charge in [0.1, 0.15) is 5.75 Å². The summed E-state index contributed by atoms with van der Waals surface area (Å²) in [5.74, 6) is 1.32. The van der Waals surface area contributed by atoms with Crippen LogP contribution in [0.2, 0.25) is 0 Å². The van der Waals surface area contributed by atoms with Gasteiger partial charge in [0, 0.05) is 29.9 Å². The van der Waals surface area contributed by atoms with E-state index < -0.39 is 0 Å². The highest BCUT2D eigenvalue weighted by Crippen LogP contribution is 2.28. The second kappa shape index (κ2) is 5.27. The lowest BCUT2D eigenvalue weighted by atomic mass is 10.2. The van der Waals surface area contributed by atoms with Crippen molar-refractivity contribution in [3.8, 4) is 11.6 Å². The Labute approximate surface area is 117 Å². The van der Waals surface area contributed by atoms with Gasteiger partial charge in [-0.1, -0.05) is 12.1 Å². The molecule has 0 radical (unpaired) electrons. The number of nitrogens with two attached hydrogens (primary N) is 1. The molecule has 0 bridgehead atoms. The molecule has 2 heterocycles. The zero-order valence-corrected chi connectivity index (χ0v) is 11.2. The van der Waals surface area contributed by atoms with E-state index in [4.69, 9.17) is 10.5 Å². The molecule has 0 saturated heterocycles. The highest BCUT2D eigenvalue weighted by atomic mass is 16.5. The van der Waals surface area contributed by atoms with Gasteiger partial charge < -0.3 is 10.5 Å². The number of rotatable bonds is 3. The second-order valence-corrected chi connectivity index (χ2v) is 4.53. The number of ether oxygens (including phenoxy) is 1. The van der Waals surface area contributed by atoms with Crippen LogP contribution >= 0.6 is 0 Å². The van der Waals surface area contributed by atoms with Gasteiger partial charge in [-0.2, -0.15) is 0 Å². The summed E-state index contributed by atoms with van der Waals surface area (Å²) in [6, 6.07) is 13.5. The van der Waals surface area contributed by atoms with E-state index in [1.165, 1.54) is 0 Å². The van der Waals surface area contributed by atoms with Crippen molar-refractivity contribution in [2.24, 2.45) is 5.73 Å². The normalized spacial score (nSPS) is 10.7. The molecule has 0 amide bonds. The third-order valence-electron chi connectivity index (χ3n) is 3.21. The molecule has 3 aromatic rings. The molecule has 2 aromatic heterocycles. The first-order chi connectivity index (χ1) is 9.78. The zero-order chi connectivity index (χ0) is 13.9. The van der Waals surface area contributed by atoms with Crippen LogP contribution in [-0.2, 0) is 6.54 Å². The average Bonchev–Trinajstić information content (AvgIpc) is 2.48. The van der Waals surface area contributed by atoms with Crippen LogP contribution in [0.1, 0.15) is 11.3 Å². The number of aromatic nitrogens is 2. The molecule has 1 aromatic carbocycles. The highest BCUT2D eigenvalue weighted by Gasteiger charge is 2.06. The van der Waals surface area contributed by atoms with Gasteiger partial charge in [0.05, 0.1) is 5.52 Å². The van der Waals surface area contributed by atoms with E-state index in [1.807, 2.05) is 49.4 Å². The van der Waals surface area contributed by atoms with Gasteiger partial charge in [0.2, 0.25) is 5.88 Å². The Morgan fingerprint density at radius 2 is 2.00 bits per heavy atom. The molecule has 0 aliphatic rings. The van der Waals surface area contributed by atoms with Crippen molar-refractivity contribution in [1.82, 2.24) is 9.97 Å². The third-order valence-corrected chi connectivity index (χ3v) is 3.21. The predicted molar refractivity (Wildman–Crippen MR) is 78.7 cm³/mol. The molecule has 3 rings (SSSR count). The van der Waals surface area contributed by atoms with Crippen LogP contribution in [-0.4, -0.2) is 9.97 Å². The van der Waals surface area contributed by atoms with Crippen LogP contribution in [0.25, 0.3) is 10.9 Å². The van der Waals surface area contributed by atoms with E-state index in [1.54, 1.807) is 6.20 Å². The Hall–Kier alpha value is -2.46. The molecule has 0 aliphatic carbocycles. The van der Waals surface area contributed by atoms with E-state index in [-0.39, 0.29) is 0 Å². The largest absolute Gasteiger partial charge is 0.438 e. The van der Waals surface area contributed by atoms with Gasteiger partial charge in [-0.15, -0.1) is 0 Å². The second-order valence-electron chi connectivity index (χ2n) is 4.53. The van der Waals surface area contributed by atoms with Crippen LogP contribution in [0.4, 0.5) is 0 Å². The number of aryl methyl sites for hydroxylation is 1. The Morgan fingerprint density at radius 1 is 1.10 bits per heavy atom. The average molecular weight is 265 g/mol. The molecule has 4 nitrogen and oxygen atoms in total. The Bertz CT molecular complexity index is 750. The van der Waals surface area contributed by atoms with Gasteiger partial charge in [-0.25, -0.2) is 4.98 Å². The lowest BCUT2D eigenvalue weighted by Crippen LogP contribution is -2.01. The molecule has 2 N–H and O–H groups in total. The smallest absolute Gasteiger partial charge is 0.219 e. The first-order valence-corrected chi connectivity index (χ1v) is 6.46. The zero-order valence-electron chi connectivity index (χ0n) is 11.2. The molecule has 100 valence electrons. The van der Waals surface area contributed by atoms with Crippen LogP contribution in [0.3, 0.4) is 0 Å². The quantitative estimate of drug-likeness (QED) is 0.790. The standard InChI is InChI=1S/C16H15N3O/c1-11-12(10-17)7-8-16(19-11)20-15-6-2-5-14-13(15)4-3-9-18-14/h2-9H,10,17H2,1H3. The minimum atomic E-state index is 0.483. The SMILES string of the molecule is Cc1nc(Oc2cccc3ncccc23)ccc1CN. The van der Waals surface area contributed by atoms with E-state index >= 15 is 0 Å². The topological polar surface area (TPSA) is 61.0 Å². The molecular weight excluding hydrogens is 250 g/mol. The van der Waals surface area contributed by atoms with Gasteiger partial charge in [0.25, 0.3) is 0 Å². The molecule has 0 spiro atoms. The van der Waals surface area contributed by atoms with Crippen LogP contribution in [0.5, 0.6) is 11.6 Å². The Morgan fingerprint density at radius 3 is 2.80 bits per heavy atom. The number of hydrogen-bond donors (Lipinski definition) is 1. The summed E-state index contributed by atoms with van der Waals surface area (Å²) in [6.45, 7) is 2.41. The summed E-state index contributed by atoms with van der Waals surface area (Å²) in [5, 5.41) is 0.970. The van der Waals surface area contributed by atoms with E-state index in [2.05, 4.69) is 9.97 Å². The highest BCUT2D eigenvalue weighted by molar-refractivity contribution is 5.85. The minimum Gasteiger partial charge on any atom is -0.438 e. The summed E-state index contributed by atoms with van der Waals surface area (Å²) in [4.78, 5) is 8.73. The minimum absolute atomic E-state index is 0.483. The van der Waals surface area contributed by atoms with Crippen molar-refractivity contribution in [3.05, 3.63) is 59.9 Å². The van der Waals surface area contributed by atoms with Crippen LogP contribution < -0.4 is 10.5 Å². The van der Waals surface area contributed by atoms with Gasteiger partial charge in [0.15, 0.2) is 0 Å². The van der Waals surface area contributed by atoms with Crippen molar-refractivity contribution in [1.29, 1.82) is 0 Å². The Kier molecular flexibility index (Phi) is 3.31. The summed E-state index contributed by atoms with van der Waals surface area (Å²) in [6.07, 6.45) is 1.77. The third kappa shape index (κ3) is 2.33. The maximum atomic E-state index is 5.88. The van der Waals surface area contributed by atoms with Crippen molar-refractivity contribution in [3.63, 3.8) is 0 Å². The first-order valence-electron chi connectivity index (χ1n) is 6.46. The maximum absolute atomic E-state index is 5.88. The number of pyridine rings is 2. The number of hydrogen-bond acceptors (Lipinski definition) is 4. The summed E-state index contributed by atoms with van der Waals surface area (Å²) >= 11 is 0. The molecule has 4 heteroatoms. The summed E-state index contributed by atoms with van der Waals surface area (Å²) in [5.41, 5.74) is 8.46. The van der Waals surface area contributed by atoms with E-state index in [0.29, 0.717) is 12.4 Å². The van der Waals surface area contributed by atoms with Crippen molar-refractivity contribution >= 4 is 10.9 Å². The number of benzene rings is 1. The molecule has 0 unspecified atom stereocenters. The summed E-state index contributed by atoms with van der Waals surface area (Å²) < 4.78 is 5.88. The molecular formula is C16H15N3O. The fraction of sp³-hybridized carbons (Fsp3) is 0.125. The monoisotopic (exact) mass is 265 g/mol. The van der Waals surface area contributed by atoms with Gasteiger partial charge in [-0.3, -0.25) is 4.98 Å². The van der Waals surface area contributed by atoms with E-state index in [9.17, 15) is 0 Å². The number of nitrogens with zero attached hydrogens (tertiary/aromatic N) is 2. The molecule has 20 heavy (non-hydrogen) atoms. The van der Waals surface area contributed by atoms with Crippen LogP contribution in [0, 0.1) is 6.92 Å². The molecule has 0 atom stereocenters. The fourth-order valence-electron chi connectivity index (χ4n) is 2.12.